The normalized spacial score (nSPS) is 18.9. The predicted octanol–water partition coefficient (Wildman–Crippen LogP) is 14.7. The van der Waals surface area contributed by atoms with E-state index >= 15 is 0 Å². The quantitative estimate of drug-likeness (QED) is 0.118. The highest BCUT2D eigenvalue weighted by atomic mass is 16.5. The maximum atomic E-state index is 7.30. The van der Waals surface area contributed by atoms with Crippen molar-refractivity contribution in [2.24, 2.45) is 11.8 Å². The third kappa shape index (κ3) is 6.74. The van der Waals surface area contributed by atoms with Gasteiger partial charge in [-0.05, 0) is 101 Å². The van der Waals surface area contributed by atoms with E-state index in [1.165, 1.54) is 66.0 Å². The van der Waals surface area contributed by atoms with Gasteiger partial charge in [0.15, 0.2) is 0 Å². The van der Waals surface area contributed by atoms with Gasteiger partial charge in [0, 0.05) is 29.4 Å². The van der Waals surface area contributed by atoms with Gasteiger partial charge in [0.05, 0.1) is 0 Å². The van der Waals surface area contributed by atoms with Gasteiger partial charge in [0.2, 0.25) is 0 Å². The molecule has 0 aromatic heterocycles. The molecular weight excluding hydrogens is 828 g/mol. The molecule has 0 fully saturated rings. The lowest BCUT2D eigenvalue weighted by Gasteiger charge is -2.42. The Kier molecular flexibility index (Phi) is 9.68. The largest absolute Gasteiger partial charge is 0.486 e. The van der Waals surface area contributed by atoms with Crippen LogP contribution in [0.5, 0.6) is 23.0 Å². The van der Waals surface area contributed by atoms with Crippen molar-refractivity contribution in [2.45, 2.75) is 26.1 Å². The van der Waals surface area contributed by atoms with E-state index in [2.05, 4.69) is 238 Å². The van der Waals surface area contributed by atoms with Crippen LogP contribution in [-0.4, -0.2) is 18.9 Å². The van der Waals surface area contributed by atoms with Crippen molar-refractivity contribution >= 4 is 50.3 Å². The van der Waals surface area contributed by atoms with Gasteiger partial charge in [-0.2, -0.15) is 0 Å². The maximum Gasteiger partial charge on any atom is 0.255 e. The lowest BCUT2D eigenvalue weighted by Crippen LogP contribution is -2.57. The molecule has 324 valence electrons. The van der Waals surface area contributed by atoms with Crippen LogP contribution in [0.25, 0.3) is 66.1 Å². The summed E-state index contributed by atoms with van der Waals surface area (Å²) >= 11 is 0. The summed E-state index contributed by atoms with van der Waals surface area (Å²) in [6.07, 6.45) is 11.1. The van der Waals surface area contributed by atoms with E-state index in [1.54, 1.807) is 0 Å². The number of benzene rings is 9. The zero-order valence-electron chi connectivity index (χ0n) is 38.0. The Morgan fingerprint density at radius 1 is 0.500 bits per heavy atom. The molecule has 0 N–H and O–H groups in total. The van der Waals surface area contributed by atoms with E-state index in [0.29, 0.717) is 0 Å². The Hall–Kier alpha value is -8.08. The molecule has 2 aliphatic heterocycles. The van der Waals surface area contributed by atoms with Gasteiger partial charge in [0.25, 0.3) is 6.71 Å². The van der Waals surface area contributed by atoms with Crippen molar-refractivity contribution in [1.82, 2.24) is 0 Å². The van der Waals surface area contributed by atoms with Crippen molar-refractivity contribution in [2.75, 3.05) is 0 Å². The molecule has 4 heteroatoms. The summed E-state index contributed by atoms with van der Waals surface area (Å²) in [5.41, 5.74) is 15.3. The van der Waals surface area contributed by atoms with Crippen LogP contribution in [0.2, 0.25) is 0 Å². The number of allylic oxidation sites excluding steroid dienone is 4. The average Bonchev–Trinajstić information content (AvgIpc) is 3.39. The second-order valence-corrected chi connectivity index (χ2v) is 18.7. The van der Waals surface area contributed by atoms with Crippen LogP contribution in [0.15, 0.2) is 230 Å². The zero-order chi connectivity index (χ0) is 45.3. The highest BCUT2D eigenvalue weighted by Gasteiger charge is 2.47. The zero-order valence-corrected chi connectivity index (χ0v) is 38.0. The molecule has 0 saturated carbocycles. The topological polar surface area (TPSA) is 27.7 Å². The van der Waals surface area contributed by atoms with Gasteiger partial charge >= 0.3 is 0 Å². The lowest BCUT2D eigenvalue weighted by atomic mass is 9.32. The molecule has 0 amide bonds. The number of hydrogen-bond acceptors (Lipinski definition) is 3. The first-order valence-electron chi connectivity index (χ1n) is 23.9. The third-order valence-electron chi connectivity index (χ3n) is 14.7. The SMILES string of the molecule is CC1C(c2ccccc2-c2ccccc2)=CC=C2B3c4ccc(-c5ccccc5-c5ccccc5)cc4Oc4cc(O[C@H]5C=C(c6cc7ccccc7c7ccccc67)C=CC5C)cc(c43)OC21. The van der Waals surface area contributed by atoms with E-state index in [0.717, 1.165) is 50.6 Å². The second-order valence-electron chi connectivity index (χ2n) is 18.7. The van der Waals surface area contributed by atoms with Crippen LogP contribution in [0, 0.1) is 11.8 Å². The third-order valence-corrected chi connectivity index (χ3v) is 14.7. The van der Waals surface area contributed by atoms with Gasteiger partial charge in [-0.25, -0.2) is 0 Å². The number of fused-ring (bicyclic) bond motifs is 7. The van der Waals surface area contributed by atoms with E-state index in [-0.39, 0.29) is 30.8 Å². The number of ether oxygens (including phenoxy) is 3. The minimum Gasteiger partial charge on any atom is -0.486 e. The first-order valence-corrected chi connectivity index (χ1v) is 23.9. The van der Waals surface area contributed by atoms with Crippen molar-refractivity contribution in [1.29, 1.82) is 0 Å². The second kappa shape index (κ2) is 16.4. The first-order chi connectivity index (χ1) is 33.5. The summed E-state index contributed by atoms with van der Waals surface area (Å²) in [7, 11) is 0. The molecule has 0 spiro atoms. The summed E-state index contributed by atoms with van der Waals surface area (Å²) in [6, 6.07) is 69.5. The van der Waals surface area contributed by atoms with Gasteiger partial charge < -0.3 is 14.2 Å². The molecular formula is C64H47BO3. The van der Waals surface area contributed by atoms with Crippen LogP contribution >= 0.6 is 0 Å². The Labute approximate surface area is 398 Å². The van der Waals surface area contributed by atoms with Crippen LogP contribution in [0.1, 0.15) is 25.0 Å². The molecule has 2 aliphatic carbocycles. The smallest absolute Gasteiger partial charge is 0.255 e. The molecule has 2 heterocycles. The molecule has 13 rings (SSSR count). The first kappa shape index (κ1) is 40.2. The minimum absolute atomic E-state index is 0.0510. The molecule has 4 aliphatic rings. The molecule has 9 aromatic carbocycles. The standard InChI is InChI=1S/C64H47BO3/c1-40-29-30-46(56-35-44-21-9-10-25-52(44)54-27-15-16-28-55(54)56)36-59(40)66-47-38-61-63-62(39-47)68-64-41(2)48(53-26-14-13-23-50(53)43-19-7-4-8-20-43)32-34-58(64)65(63)57-33-31-45(37-60(57)67-61)51-24-12-11-22-49(51)42-17-5-3-6-18-42/h3-41,59,64H,1-2H3/t40?,41?,59-,64?/m0/s1. The van der Waals surface area contributed by atoms with Crippen molar-refractivity contribution in [3.63, 3.8) is 0 Å². The fourth-order valence-corrected chi connectivity index (χ4v) is 11.3. The Morgan fingerprint density at radius 2 is 1.12 bits per heavy atom. The monoisotopic (exact) mass is 874 g/mol. The Bertz CT molecular complexity index is 3600. The van der Waals surface area contributed by atoms with E-state index in [4.69, 9.17) is 14.2 Å². The van der Waals surface area contributed by atoms with Gasteiger partial charge in [-0.15, -0.1) is 0 Å². The molecule has 9 aromatic rings. The minimum atomic E-state index is -0.227. The van der Waals surface area contributed by atoms with Crippen LogP contribution in [0.4, 0.5) is 0 Å². The van der Waals surface area contributed by atoms with Crippen LogP contribution in [0.3, 0.4) is 0 Å². The molecule has 0 saturated heterocycles. The average molecular weight is 875 g/mol. The fourth-order valence-electron chi connectivity index (χ4n) is 11.3. The Morgan fingerprint density at radius 3 is 1.87 bits per heavy atom. The van der Waals surface area contributed by atoms with Gasteiger partial charge in [-0.3, -0.25) is 0 Å². The molecule has 0 bridgehead atoms. The summed E-state index contributed by atoms with van der Waals surface area (Å²) in [6.45, 7) is 4.48. The highest BCUT2D eigenvalue weighted by Crippen LogP contribution is 2.47. The summed E-state index contributed by atoms with van der Waals surface area (Å²) in [4.78, 5) is 0. The number of hydrogen-bond donors (Lipinski definition) is 0. The van der Waals surface area contributed by atoms with Gasteiger partial charge in [-0.1, -0.05) is 213 Å². The van der Waals surface area contributed by atoms with E-state index < -0.39 is 0 Å². The predicted molar refractivity (Wildman–Crippen MR) is 283 cm³/mol. The molecule has 68 heavy (non-hydrogen) atoms. The van der Waals surface area contributed by atoms with Crippen LogP contribution in [-0.2, 0) is 0 Å². The molecule has 3 nitrogen and oxygen atoms in total. The van der Waals surface area contributed by atoms with E-state index in [9.17, 15) is 0 Å². The van der Waals surface area contributed by atoms with Crippen molar-refractivity contribution < 1.29 is 14.2 Å². The van der Waals surface area contributed by atoms with E-state index in [1.807, 2.05) is 0 Å². The fraction of sp³-hybridized carbons (Fsp3) is 0.0938. The summed E-state index contributed by atoms with van der Waals surface area (Å²) < 4.78 is 21.5. The van der Waals surface area contributed by atoms with Crippen molar-refractivity contribution in [3.05, 3.63) is 241 Å². The molecule has 4 atom stereocenters. The number of rotatable bonds is 7. The van der Waals surface area contributed by atoms with Gasteiger partial charge in [0.1, 0.15) is 35.2 Å². The van der Waals surface area contributed by atoms with Crippen molar-refractivity contribution in [3.8, 4) is 56.4 Å². The molecule has 3 unspecified atom stereocenters. The lowest BCUT2D eigenvalue weighted by molar-refractivity contribution is 0.195. The Balaban J connectivity index is 0.928. The summed E-state index contributed by atoms with van der Waals surface area (Å²) in [5.74, 6) is 3.33. The van der Waals surface area contributed by atoms with Crippen LogP contribution < -0.4 is 25.1 Å². The highest BCUT2D eigenvalue weighted by molar-refractivity contribution is 6.93. The molecule has 0 radical (unpaired) electrons. The maximum absolute atomic E-state index is 7.30. The summed E-state index contributed by atoms with van der Waals surface area (Å²) in [5, 5.41) is 4.97.